The van der Waals surface area contributed by atoms with E-state index in [4.69, 9.17) is 15.9 Å². The zero-order chi connectivity index (χ0) is 21.6. The number of terminal acetylenes is 1. The number of alkyl carbamates (subject to hydrolysis) is 1. The second-order valence-electron chi connectivity index (χ2n) is 8.10. The van der Waals surface area contributed by atoms with Crippen LogP contribution in [0.1, 0.15) is 34.1 Å². The van der Waals surface area contributed by atoms with Gasteiger partial charge in [0.15, 0.2) is 0 Å². The van der Waals surface area contributed by atoms with Crippen molar-refractivity contribution in [1.29, 1.82) is 0 Å². The van der Waals surface area contributed by atoms with Crippen molar-refractivity contribution in [2.24, 2.45) is 5.92 Å². The summed E-state index contributed by atoms with van der Waals surface area (Å²) in [5.41, 5.74) is 1.40. The molecule has 0 aliphatic heterocycles. The van der Waals surface area contributed by atoms with Crippen molar-refractivity contribution in [1.82, 2.24) is 10.2 Å². The molecule has 2 aliphatic rings. The number of methoxy groups -OCH3 is 1. The number of hydrogen-bond donors (Lipinski definition) is 1. The third-order valence-electron chi connectivity index (χ3n) is 4.68. The molecule has 0 saturated carbocycles. The number of amides is 1. The average Bonchev–Trinajstić information content (AvgIpc) is 2.65. The first-order valence-corrected chi connectivity index (χ1v) is 9.70. The molecule has 3 unspecified atom stereocenters. The predicted molar refractivity (Wildman–Crippen MR) is 113 cm³/mol. The van der Waals surface area contributed by atoms with E-state index in [0.29, 0.717) is 6.54 Å². The zero-order valence-corrected chi connectivity index (χ0v) is 17.8. The van der Waals surface area contributed by atoms with Crippen LogP contribution in [0.2, 0.25) is 0 Å². The lowest BCUT2D eigenvalue weighted by Gasteiger charge is -2.37. The Bertz CT molecular complexity index is 793. The Morgan fingerprint density at radius 3 is 2.62 bits per heavy atom. The number of carbonyl (C=O) groups excluding carboxylic acids is 2. The molecule has 6 nitrogen and oxygen atoms in total. The zero-order valence-electron chi connectivity index (χ0n) is 17.8. The summed E-state index contributed by atoms with van der Waals surface area (Å²) in [6, 6.07) is -0.380. The average molecular weight is 399 g/mol. The van der Waals surface area contributed by atoms with E-state index >= 15 is 0 Å². The number of fused-ring (bicyclic) bond motifs is 1. The molecule has 3 atom stereocenters. The van der Waals surface area contributed by atoms with Crippen LogP contribution in [0.25, 0.3) is 0 Å². The highest BCUT2D eigenvalue weighted by Gasteiger charge is 2.32. The smallest absolute Gasteiger partial charge is 0.408 e. The molecule has 0 fully saturated rings. The van der Waals surface area contributed by atoms with Gasteiger partial charge in [-0.3, -0.25) is 4.79 Å². The number of rotatable bonds is 6. The predicted octanol–water partition coefficient (Wildman–Crippen LogP) is 3.33. The van der Waals surface area contributed by atoms with Gasteiger partial charge in [0.1, 0.15) is 5.60 Å². The maximum Gasteiger partial charge on any atom is 0.408 e. The number of nitrogens with one attached hydrogen (secondary N) is 1. The summed E-state index contributed by atoms with van der Waals surface area (Å²) >= 11 is 0. The molecule has 0 saturated heterocycles. The van der Waals surface area contributed by atoms with Gasteiger partial charge in [0.25, 0.3) is 0 Å². The summed E-state index contributed by atoms with van der Waals surface area (Å²) in [7, 11) is 1.38. The molecule has 156 valence electrons. The lowest BCUT2D eigenvalue weighted by molar-refractivity contribution is -0.141. The van der Waals surface area contributed by atoms with Crippen LogP contribution in [0.5, 0.6) is 0 Å². The van der Waals surface area contributed by atoms with Crippen molar-refractivity contribution in [3.8, 4) is 12.3 Å². The van der Waals surface area contributed by atoms with Crippen molar-refractivity contribution in [3.63, 3.8) is 0 Å². The van der Waals surface area contributed by atoms with E-state index < -0.39 is 11.7 Å². The molecule has 1 amide bonds. The lowest BCUT2D eigenvalue weighted by atomic mass is 9.82. The van der Waals surface area contributed by atoms with Crippen molar-refractivity contribution >= 4 is 12.1 Å². The Hall–Kier alpha value is -2.94. The fraction of sp³-hybridized carbons (Fsp3) is 0.478. The Morgan fingerprint density at radius 2 is 2.00 bits per heavy atom. The van der Waals surface area contributed by atoms with E-state index in [0.717, 1.165) is 11.3 Å². The van der Waals surface area contributed by atoms with Crippen LogP contribution in [-0.4, -0.2) is 48.3 Å². The first-order chi connectivity index (χ1) is 13.7. The summed E-state index contributed by atoms with van der Waals surface area (Å²) in [4.78, 5) is 26.0. The van der Waals surface area contributed by atoms with Crippen LogP contribution in [0.4, 0.5) is 4.79 Å². The minimum Gasteiger partial charge on any atom is -0.469 e. The van der Waals surface area contributed by atoms with Crippen LogP contribution in [0.3, 0.4) is 0 Å². The summed E-state index contributed by atoms with van der Waals surface area (Å²) < 4.78 is 10.2. The standard InChI is InChI=1S/C23H30N2O4/c1-7-14-25(16(2)15-21(26)28-6)20-13-12-19(17-10-8-9-11-18(17)20)24-22(27)29-23(3,4)5/h1,8-13,16-17,19H,14-15H2,2-6H3,(H,24,27). The number of esters is 1. The highest BCUT2D eigenvalue weighted by Crippen LogP contribution is 2.33. The van der Waals surface area contributed by atoms with E-state index in [1.165, 1.54) is 7.11 Å². The molecule has 0 bridgehead atoms. The minimum absolute atomic E-state index is 0.0573. The fourth-order valence-corrected chi connectivity index (χ4v) is 3.39. The van der Waals surface area contributed by atoms with E-state index in [2.05, 4.69) is 11.2 Å². The molecule has 6 heteroatoms. The Morgan fingerprint density at radius 1 is 1.28 bits per heavy atom. The number of hydrogen-bond acceptors (Lipinski definition) is 5. The van der Waals surface area contributed by atoms with Crippen molar-refractivity contribution < 1.29 is 19.1 Å². The summed E-state index contributed by atoms with van der Waals surface area (Å²) in [6.45, 7) is 7.79. The van der Waals surface area contributed by atoms with Crippen LogP contribution in [-0.2, 0) is 14.3 Å². The van der Waals surface area contributed by atoms with E-state index in [1.54, 1.807) is 0 Å². The molecule has 0 radical (unpaired) electrons. The van der Waals surface area contributed by atoms with Gasteiger partial charge in [-0.1, -0.05) is 36.3 Å². The lowest BCUT2D eigenvalue weighted by Crippen LogP contribution is -2.45. The van der Waals surface area contributed by atoms with Gasteiger partial charge in [0.2, 0.25) is 0 Å². The van der Waals surface area contributed by atoms with Crippen LogP contribution in [0.15, 0.2) is 47.7 Å². The quantitative estimate of drug-likeness (QED) is 0.549. The maximum absolute atomic E-state index is 12.3. The number of ether oxygens (including phenoxy) is 2. The summed E-state index contributed by atoms with van der Waals surface area (Å²) in [6.07, 6.45) is 17.2. The second-order valence-corrected chi connectivity index (χ2v) is 8.10. The minimum atomic E-state index is -0.568. The van der Waals surface area contributed by atoms with Crippen LogP contribution < -0.4 is 5.32 Å². The maximum atomic E-state index is 12.3. The topological polar surface area (TPSA) is 67.9 Å². The Labute approximate surface area is 173 Å². The van der Waals surface area contributed by atoms with Gasteiger partial charge in [-0.05, 0) is 39.3 Å². The normalized spacial score (nSPS) is 21.1. The highest BCUT2D eigenvalue weighted by molar-refractivity contribution is 5.70. The third-order valence-corrected chi connectivity index (χ3v) is 4.68. The van der Waals surface area contributed by atoms with Crippen molar-refractivity contribution in [2.45, 2.75) is 51.8 Å². The molecule has 2 rings (SSSR count). The number of allylic oxidation sites excluding steroid dienone is 4. The monoisotopic (exact) mass is 398 g/mol. The molecule has 1 N–H and O–H groups in total. The van der Waals surface area contributed by atoms with E-state index in [9.17, 15) is 9.59 Å². The fourth-order valence-electron chi connectivity index (χ4n) is 3.39. The van der Waals surface area contributed by atoms with Crippen molar-refractivity contribution in [2.75, 3.05) is 13.7 Å². The molecule has 0 spiro atoms. The summed E-state index contributed by atoms with van der Waals surface area (Å²) in [5, 5.41) is 2.94. The molecule has 0 aromatic heterocycles. The third kappa shape index (κ3) is 6.02. The first-order valence-electron chi connectivity index (χ1n) is 9.70. The first kappa shape index (κ1) is 22.4. The summed E-state index contributed by atoms with van der Waals surface area (Å²) in [5.74, 6) is 2.33. The van der Waals surface area contributed by atoms with E-state index in [-0.39, 0.29) is 30.4 Å². The second kappa shape index (κ2) is 9.51. The van der Waals surface area contributed by atoms with Gasteiger partial charge >= 0.3 is 12.1 Å². The van der Waals surface area contributed by atoms with Crippen LogP contribution >= 0.6 is 0 Å². The van der Waals surface area contributed by atoms with Gasteiger partial charge in [-0.25, -0.2) is 4.79 Å². The van der Waals surface area contributed by atoms with Gasteiger partial charge in [-0.15, -0.1) is 6.42 Å². The molecular formula is C23H30N2O4. The Balaban J connectivity index is 2.28. The number of carbonyl (C=O) groups is 2. The molecular weight excluding hydrogens is 368 g/mol. The molecule has 29 heavy (non-hydrogen) atoms. The highest BCUT2D eigenvalue weighted by atomic mass is 16.6. The molecule has 0 aromatic carbocycles. The molecule has 0 aromatic rings. The SMILES string of the molecule is C#CCN(C1=C2C=CC=CC2C(NC(=O)OC(C)(C)C)C=C1)C(C)CC(=O)OC. The van der Waals surface area contributed by atoms with Gasteiger partial charge in [-0.2, -0.15) is 0 Å². The molecule has 0 heterocycles. The largest absolute Gasteiger partial charge is 0.469 e. The van der Waals surface area contributed by atoms with Crippen LogP contribution in [0, 0.1) is 18.3 Å². The van der Waals surface area contributed by atoms with E-state index in [1.807, 2.05) is 69.1 Å². The van der Waals surface area contributed by atoms with Crippen molar-refractivity contribution in [3.05, 3.63) is 47.7 Å². The molecule has 2 aliphatic carbocycles. The van der Waals surface area contributed by atoms with Gasteiger partial charge in [0, 0.05) is 17.7 Å². The van der Waals surface area contributed by atoms with Gasteiger partial charge in [0.05, 0.1) is 26.1 Å². The Kier molecular flexibility index (Phi) is 7.33. The number of nitrogens with zero attached hydrogens (tertiary/aromatic N) is 1. The van der Waals surface area contributed by atoms with Gasteiger partial charge < -0.3 is 19.7 Å².